The van der Waals surface area contributed by atoms with Gasteiger partial charge in [-0.15, -0.1) is 0 Å². The molecule has 0 atom stereocenters. The van der Waals surface area contributed by atoms with Crippen LogP contribution in [0.3, 0.4) is 0 Å². The van der Waals surface area contributed by atoms with Crippen LogP contribution in [0.15, 0.2) is 47.4 Å². The van der Waals surface area contributed by atoms with Crippen molar-refractivity contribution in [1.29, 1.82) is 0 Å². The van der Waals surface area contributed by atoms with Crippen molar-refractivity contribution in [3.05, 3.63) is 58.1 Å². The molecule has 0 bridgehead atoms. The third-order valence-corrected chi connectivity index (χ3v) is 7.20. The summed E-state index contributed by atoms with van der Waals surface area (Å²) in [6, 6.07) is 11.6. The number of hydrogen-bond acceptors (Lipinski definition) is 3. The standard InChI is InChI=1S/C20H22Cl2N2O3S/c21-16-7-10-18(22)19(14-16)23-20(25)11-6-15-4-8-17(9-5-15)28(26,27)24-12-2-1-3-13-24/h4-5,7-10,14H,1-3,6,11-13H2,(H,23,25). The number of amides is 1. The Hall–Kier alpha value is -1.60. The van der Waals surface area contributed by atoms with Gasteiger partial charge < -0.3 is 5.32 Å². The summed E-state index contributed by atoms with van der Waals surface area (Å²) in [6.45, 7) is 1.16. The SMILES string of the molecule is O=C(CCc1ccc(S(=O)(=O)N2CCCCC2)cc1)Nc1cc(Cl)ccc1Cl. The minimum Gasteiger partial charge on any atom is -0.325 e. The van der Waals surface area contributed by atoms with Crippen molar-refractivity contribution >= 4 is 44.8 Å². The van der Waals surface area contributed by atoms with Gasteiger partial charge in [0.1, 0.15) is 0 Å². The lowest BCUT2D eigenvalue weighted by atomic mass is 10.1. The molecule has 2 aromatic rings. The van der Waals surface area contributed by atoms with Gasteiger partial charge in [0.15, 0.2) is 0 Å². The molecule has 5 nitrogen and oxygen atoms in total. The van der Waals surface area contributed by atoms with Crippen molar-refractivity contribution in [2.75, 3.05) is 18.4 Å². The van der Waals surface area contributed by atoms with Crippen LogP contribution in [-0.4, -0.2) is 31.7 Å². The lowest BCUT2D eigenvalue weighted by molar-refractivity contribution is -0.116. The molecule has 3 rings (SSSR count). The molecule has 2 aromatic carbocycles. The third kappa shape index (κ3) is 5.26. The monoisotopic (exact) mass is 440 g/mol. The number of piperidine rings is 1. The number of nitrogens with zero attached hydrogens (tertiary/aromatic N) is 1. The zero-order chi connectivity index (χ0) is 20.1. The van der Waals surface area contributed by atoms with Crippen LogP contribution in [0.25, 0.3) is 0 Å². The summed E-state index contributed by atoms with van der Waals surface area (Å²) in [5, 5.41) is 3.65. The fourth-order valence-electron chi connectivity index (χ4n) is 3.15. The van der Waals surface area contributed by atoms with Crippen LogP contribution in [0.5, 0.6) is 0 Å². The van der Waals surface area contributed by atoms with Crippen LogP contribution in [0.4, 0.5) is 5.69 Å². The smallest absolute Gasteiger partial charge is 0.243 e. The Labute approximate surface area is 175 Å². The molecule has 150 valence electrons. The molecular formula is C20H22Cl2N2O3S. The van der Waals surface area contributed by atoms with Gasteiger partial charge in [0.25, 0.3) is 0 Å². The molecule has 0 saturated carbocycles. The number of halogens is 2. The average Bonchev–Trinajstić information content (AvgIpc) is 2.70. The summed E-state index contributed by atoms with van der Waals surface area (Å²) < 4.78 is 26.9. The van der Waals surface area contributed by atoms with E-state index in [1.54, 1.807) is 46.8 Å². The van der Waals surface area contributed by atoms with Crippen molar-refractivity contribution in [1.82, 2.24) is 4.31 Å². The highest BCUT2D eigenvalue weighted by Crippen LogP contribution is 2.26. The number of benzene rings is 2. The topological polar surface area (TPSA) is 66.5 Å². The number of sulfonamides is 1. The minimum absolute atomic E-state index is 0.186. The molecule has 0 radical (unpaired) electrons. The molecule has 1 N–H and O–H groups in total. The Bertz CT molecular complexity index is 940. The van der Waals surface area contributed by atoms with Gasteiger partial charge in [-0.2, -0.15) is 4.31 Å². The van der Waals surface area contributed by atoms with Crippen LogP contribution in [0.2, 0.25) is 10.0 Å². The van der Waals surface area contributed by atoms with E-state index >= 15 is 0 Å². The Morgan fingerprint density at radius 1 is 1.00 bits per heavy atom. The molecule has 0 spiro atoms. The Morgan fingerprint density at radius 2 is 1.68 bits per heavy atom. The molecule has 1 aliphatic heterocycles. The van der Waals surface area contributed by atoms with Crippen molar-refractivity contribution < 1.29 is 13.2 Å². The first-order valence-electron chi connectivity index (χ1n) is 9.20. The fourth-order valence-corrected chi connectivity index (χ4v) is 5.00. The first-order chi connectivity index (χ1) is 13.4. The van der Waals surface area contributed by atoms with E-state index in [0.29, 0.717) is 40.1 Å². The molecule has 0 aliphatic carbocycles. The normalized spacial score (nSPS) is 15.4. The summed E-state index contributed by atoms with van der Waals surface area (Å²) in [4.78, 5) is 12.5. The van der Waals surface area contributed by atoms with E-state index in [9.17, 15) is 13.2 Å². The van der Waals surface area contributed by atoms with Crippen molar-refractivity contribution in [3.8, 4) is 0 Å². The van der Waals surface area contributed by atoms with E-state index < -0.39 is 10.0 Å². The van der Waals surface area contributed by atoms with E-state index in [1.165, 1.54) is 0 Å². The van der Waals surface area contributed by atoms with E-state index in [2.05, 4.69) is 5.32 Å². The summed E-state index contributed by atoms with van der Waals surface area (Å²) in [7, 11) is -3.43. The number of aryl methyl sites for hydroxylation is 1. The average molecular weight is 441 g/mol. The summed E-state index contributed by atoms with van der Waals surface area (Å²) in [5.74, 6) is -0.186. The number of hydrogen-bond donors (Lipinski definition) is 1. The predicted octanol–water partition coefficient (Wildman–Crippen LogP) is 4.74. The molecule has 1 heterocycles. The summed E-state index contributed by atoms with van der Waals surface area (Å²) in [5.41, 5.74) is 1.37. The molecular weight excluding hydrogens is 419 g/mol. The molecule has 1 saturated heterocycles. The Morgan fingerprint density at radius 3 is 2.36 bits per heavy atom. The number of carbonyl (C=O) groups excluding carboxylic acids is 1. The highest BCUT2D eigenvalue weighted by atomic mass is 35.5. The van der Waals surface area contributed by atoms with Crippen molar-refractivity contribution in [3.63, 3.8) is 0 Å². The van der Waals surface area contributed by atoms with E-state index in [4.69, 9.17) is 23.2 Å². The largest absolute Gasteiger partial charge is 0.325 e. The second kappa shape index (κ2) is 9.27. The molecule has 0 aromatic heterocycles. The molecule has 0 unspecified atom stereocenters. The number of rotatable bonds is 6. The van der Waals surface area contributed by atoms with Gasteiger partial charge in [-0.1, -0.05) is 41.8 Å². The molecule has 1 aliphatic rings. The van der Waals surface area contributed by atoms with Gasteiger partial charge in [0.2, 0.25) is 15.9 Å². The van der Waals surface area contributed by atoms with E-state index in [1.807, 2.05) is 0 Å². The molecule has 1 amide bonds. The zero-order valence-electron chi connectivity index (χ0n) is 15.3. The third-order valence-electron chi connectivity index (χ3n) is 4.72. The maximum Gasteiger partial charge on any atom is 0.243 e. The molecule has 8 heteroatoms. The van der Waals surface area contributed by atoms with Crippen LogP contribution in [-0.2, 0) is 21.2 Å². The van der Waals surface area contributed by atoms with Gasteiger partial charge in [0, 0.05) is 24.5 Å². The van der Waals surface area contributed by atoms with Gasteiger partial charge in [-0.3, -0.25) is 4.79 Å². The van der Waals surface area contributed by atoms with Crippen LogP contribution >= 0.6 is 23.2 Å². The number of anilines is 1. The lowest BCUT2D eigenvalue weighted by Crippen LogP contribution is -2.35. The van der Waals surface area contributed by atoms with Gasteiger partial charge in [-0.05, 0) is 55.2 Å². The van der Waals surface area contributed by atoms with E-state index in [-0.39, 0.29) is 12.3 Å². The van der Waals surface area contributed by atoms with Crippen molar-refractivity contribution in [2.24, 2.45) is 0 Å². The lowest BCUT2D eigenvalue weighted by Gasteiger charge is -2.25. The fraction of sp³-hybridized carbons (Fsp3) is 0.350. The maximum atomic E-state index is 12.7. The van der Waals surface area contributed by atoms with Crippen LogP contribution in [0.1, 0.15) is 31.2 Å². The Balaban J connectivity index is 1.58. The highest BCUT2D eigenvalue weighted by molar-refractivity contribution is 7.89. The second-order valence-corrected chi connectivity index (χ2v) is 9.56. The Kier molecular flexibility index (Phi) is 6.99. The van der Waals surface area contributed by atoms with Crippen molar-refractivity contribution in [2.45, 2.75) is 37.0 Å². The van der Waals surface area contributed by atoms with Gasteiger partial charge >= 0.3 is 0 Å². The van der Waals surface area contributed by atoms with Gasteiger partial charge in [-0.25, -0.2) is 8.42 Å². The quantitative estimate of drug-likeness (QED) is 0.704. The highest BCUT2D eigenvalue weighted by Gasteiger charge is 2.25. The molecule has 1 fully saturated rings. The number of nitrogens with one attached hydrogen (secondary N) is 1. The van der Waals surface area contributed by atoms with Gasteiger partial charge in [0.05, 0.1) is 15.6 Å². The second-order valence-electron chi connectivity index (χ2n) is 6.78. The zero-order valence-corrected chi connectivity index (χ0v) is 17.7. The van der Waals surface area contributed by atoms with E-state index in [0.717, 1.165) is 24.8 Å². The first-order valence-corrected chi connectivity index (χ1v) is 11.4. The summed E-state index contributed by atoms with van der Waals surface area (Å²) in [6.07, 6.45) is 3.63. The maximum absolute atomic E-state index is 12.7. The van der Waals surface area contributed by atoms with Crippen LogP contribution in [0, 0.1) is 0 Å². The minimum atomic E-state index is -3.43. The summed E-state index contributed by atoms with van der Waals surface area (Å²) >= 11 is 12.0. The first kappa shape index (κ1) is 21.1. The molecule has 28 heavy (non-hydrogen) atoms. The number of carbonyl (C=O) groups is 1. The van der Waals surface area contributed by atoms with Crippen LogP contribution < -0.4 is 5.32 Å². The predicted molar refractivity (Wildman–Crippen MR) is 112 cm³/mol.